The molecule has 202 valence electrons. The molecular weight excluding hydrogens is 481 g/mol. The summed E-state index contributed by atoms with van der Waals surface area (Å²) in [7, 11) is 0. The van der Waals surface area contributed by atoms with E-state index in [4.69, 9.17) is 4.74 Å². The van der Waals surface area contributed by atoms with Crippen LogP contribution in [-0.2, 0) is 24.1 Å². The third-order valence-electron chi connectivity index (χ3n) is 6.79. The van der Waals surface area contributed by atoms with Crippen molar-refractivity contribution in [1.82, 2.24) is 15.1 Å². The lowest BCUT2D eigenvalue weighted by Gasteiger charge is -2.26. The van der Waals surface area contributed by atoms with Gasteiger partial charge in [-0.05, 0) is 42.5 Å². The summed E-state index contributed by atoms with van der Waals surface area (Å²) in [5, 5.41) is 6.51. The summed E-state index contributed by atoms with van der Waals surface area (Å²) in [6, 6.07) is 11.4. The summed E-state index contributed by atoms with van der Waals surface area (Å²) >= 11 is 0. The van der Waals surface area contributed by atoms with Crippen molar-refractivity contribution < 1.29 is 22.7 Å². The van der Waals surface area contributed by atoms with Crippen molar-refractivity contribution in [2.45, 2.75) is 52.0 Å². The maximum atomic E-state index is 13.6. The van der Waals surface area contributed by atoms with Gasteiger partial charge in [-0.1, -0.05) is 38.1 Å². The number of fused-ring (bicyclic) bond motifs is 1. The second-order valence-electron chi connectivity index (χ2n) is 10.2. The molecule has 0 atom stereocenters. The van der Waals surface area contributed by atoms with Gasteiger partial charge in [-0.3, -0.25) is 9.69 Å². The Balaban J connectivity index is 1.47. The van der Waals surface area contributed by atoms with Gasteiger partial charge in [0.1, 0.15) is 12.4 Å². The molecule has 1 heterocycles. The average Bonchev–Trinajstić information content (AvgIpc) is 3.68. The lowest BCUT2D eigenvalue weighted by molar-refractivity contribution is -0.139. The third-order valence-corrected chi connectivity index (χ3v) is 6.79. The van der Waals surface area contributed by atoms with Gasteiger partial charge in [-0.2, -0.15) is 13.2 Å². The highest BCUT2D eigenvalue weighted by Crippen LogP contribution is 2.34. The van der Waals surface area contributed by atoms with E-state index in [9.17, 15) is 18.0 Å². The van der Waals surface area contributed by atoms with Gasteiger partial charge in [0.25, 0.3) is 0 Å². The number of ether oxygens (including phenoxy) is 1. The van der Waals surface area contributed by atoms with Gasteiger partial charge in [0.05, 0.1) is 12.1 Å². The first-order valence-corrected chi connectivity index (χ1v) is 13.1. The van der Waals surface area contributed by atoms with Crippen molar-refractivity contribution in [1.29, 1.82) is 0 Å². The molecule has 2 aromatic rings. The standard InChI is InChI=1S/C28H37F3N4O2/c1-20(2)32-12-13-35(18-22-6-3-4-7-24(22)28(29,30)31)27(36)16-33-25-8-5-9-26-23(25)19-34(14-15-37-26)17-21-10-11-21/h3-9,20-21,32-33H,10-19H2,1-2H3. The predicted molar refractivity (Wildman–Crippen MR) is 138 cm³/mol. The van der Waals surface area contributed by atoms with Crippen LogP contribution in [0.5, 0.6) is 5.75 Å². The molecular formula is C28H37F3N4O2. The number of alkyl halides is 3. The summed E-state index contributed by atoms with van der Waals surface area (Å²) < 4.78 is 46.8. The van der Waals surface area contributed by atoms with E-state index in [1.165, 1.54) is 29.9 Å². The number of amides is 1. The molecule has 9 heteroatoms. The molecule has 1 fully saturated rings. The quantitative estimate of drug-likeness (QED) is 0.450. The van der Waals surface area contributed by atoms with Crippen LogP contribution in [0.15, 0.2) is 42.5 Å². The summed E-state index contributed by atoms with van der Waals surface area (Å²) in [4.78, 5) is 17.2. The summed E-state index contributed by atoms with van der Waals surface area (Å²) in [6.07, 6.45) is -1.93. The van der Waals surface area contributed by atoms with Crippen molar-refractivity contribution in [3.05, 3.63) is 59.2 Å². The van der Waals surface area contributed by atoms with Gasteiger partial charge in [0.2, 0.25) is 5.91 Å². The van der Waals surface area contributed by atoms with Crippen molar-refractivity contribution in [3.8, 4) is 5.75 Å². The highest BCUT2D eigenvalue weighted by Gasteiger charge is 2.33. The molecule has 4 rings (SSSR count). The third kappa shape index (κ3) is 7.85. The molecule has 1 saturated carbocycles. The SMILES string of the molecule is CC(C)NCCN(Cc1ccccc1C(F)(F)F)C(=O)CNc1cccc2c1CN(CC1CC1)CCO2. The molecule has 0 radical (unpaired) electrons. The Labute approximate surface area is 217 Å². The minimum atomic E-state index is -4.48. The highest BCUT2D eigenvalue weighted by molar-refractivity contribution is 5.81. The van der Waals surface area contributed by atoms with Crippen LogP contribution in [0.4, 0.5) is 18.9 Å². The van der Waals surface area contributed by atoms with E-state index in [0.717, 1.165) is 48.6 Å². The number of benzene rings is 2. The lowest BCUT2D eigenvalue weighted by atomic mass is 10.1. The number of rotatable bonds is 11. The Bertz CT molecular complexity index is 1060. The smallest absolute Gasteiger partial charge is 0.416 e. The largest absolute Gasteiger partial charge is 0.492 e. The summed E-state index contributed by atoms with van der Waals surface area (Å²) in [5.41, 5.74) is 1.22. The van der Waals surface area contributed by atoms with Crippen LogP contribution in [-0.4, -0.2) is 61.1 Å². The summed E-state index contributed by atoms with van der Waals surface area (Å²) in [6.45, 7) is 7.91. The fourth-order valence-corrected chi connectivity index (χ4v) is 4.64. The molecule has 0 bridgehead atoms. The van der Waals surface area contributed by atoms with Crippen LogP contribution < -0.4 is 15.4 Å². The van der Waals surface area contributed by atoms with Gasteiger partial charge < -0.3 is 20.3 Å². The van der Waals surface area contributed by atoms with Gasteiger partial charge in [0, 0.05) is 56.6 Å². The first kappa shape index (κ1) is 27.3. The Hall–Kier alpha value is -2.78. The number of hydrogen-bond donors (Lipinski definition) is 2. The number of halogens is 3. The number of hydrogen-bond acceptors (Lipinski definition) is 5. The number of anilines is 1. The molecule has 0 saturated heterocycles. The van der Waals surface area contributed by atoms with E-state index in [2.05, 4.69) is 15.5 Å². The van der Waals surface area contributed by atoms with Crippen molar-refractivity contribution in [2.75, 3.05) is 44.6 Å². The topological polar surface area (TPSA) is 56.8 Å². The molecule has 6 nitrogen and oxygen atoms in total. The maximum absolute atomic E-state index is 13.6. The zero-order valence-corrected chi connectivity index (χ0v) is 21.6. The predicted octanol–water partition coefficient (Wildman–Crippen LogP) is 4.75. The first-order valence-electron chi connectivity index (χ1n) is 13.1. The Morgan fingerprint density at radius 2 is 1.95 bits per heavy atom. The highest BCUT2D eigenvalue weighted by atomic mass is 19.4. The van der Waals surface area contributed by atoms with Gasteiger partial charge in [-0.15, -0.1) is 0 Å². The van der Waals surface area contributed by atoms with E-state index in [1.54, 1.807) is 6.07 Å². The molecule has 37 heavy (non-hydrogen) atoms. The second kappa shape index (κ2) is 12.2. The van der Waals surface area contributed by atoms with E-state index in [-0.39, 0.29) is 30.6 Å². The van der Waals surface area contributed by atoms with Gasteiger partial charge in [-0.25, -0.2) is 0 Å². The van der Waals surface area contributed by atoms with E-state index in [1.807, 2.05) is 32.0 Å². The monoisotopic (exact) mass is 518 g/mol. The van der Waals surface area contributed by atoms with E-state index >= 15 is 0 Å². The average molecular weight is 519 g/mol. The van der Waals surface area contributed by atoms with Crippen LogP contribution in [0.1, 0.15) is 43.4 Å². The first-order chi connectivity index (χ1) is 17.7. The molecule has 2 N–H and O–H groups in total. The van der Waals surface area contributed by atoms with Gasteiger partial charge >= 0.3 is 6.18 Å². The molecule has 2 aliphatic rings. The minimum absolute atomic E-state index is 0.0189. The van der Waals surface area contributed by atoms with E-state index < -0.39 is 11.7 Å². The van der Waals surface area contributed by atoms with Crippen molar-refractivity contribution in [3.63, 3.8) is 0 Å². The Morgan fingerprint density at radius 3 is 2.68 bits per heavy atom. The summed E-state index contributed by atoms with van der Waals surface area (Å²) in [5.74, 6) is 1.31. The zero-order valence-electron chi connectivity index (χ0n) is 21.6. The molecule has 0 unspecified atom stereocenters. The zero-order chi connectivity index (χ0) is 26.4. The van der Waals surface area contributed by atoms with Crippen LogP contribution in [0.25, 0.3) is 0 Å². The van der Waals surface area contributed by atoms with Crippen LogP contribution in [0.2, 0.25) is 0 Å². The molecule has 0 spiro atoms. The molecule has 1 amide bonds. The van der Waals surface area contributed by atoms with Crippen molar-refractivity contribution >= 4 is 11.6 Å². The van der Waals surface area contributed by atoms with Crippen LogP contribution in [0, 0.1) is 5.92 Å². The molecule has 2 aromatic carbocycles. The number of carbonyl (C=O) groups excluding carboxylic acids is 1. The fraction of sp³-hybridized carbons (Fsp3) is 0.536. The Morgan fingerprint density at radius 1 is 1.16 bits per heavy atom. The minimum Gasteiger partial charge on any atom is -0.492 e. The fourth-order valence-electron chi connectivity index (χ4n) is 4.64. The van der Waals surface area contributed by atoms with Crippen LogP contribution in [0.3, 0.4) is 0 Å². The molecule has 1 aliphatic heterocycles. The normalized spacial score (nSPS) is 16.2. The van der Waals surface area contributed by atoms with E-state index in [0.29, 0.717) is 19.7 Å². The number of nitrogens with zero attached hydrogens (tertiary/aromatic N) is 2. The molecule has 0 aromatic heterocycles. The van der Waals surface area contributed by atoms with Crippen molar-refractivity contribution in [2.24, 2.45) is 5.92 Å². The lowest BCUT2D eigenvalue weighted by Crippen LogP contribution is -2.41. The number of nitrogens with one attached hydrogen (secondary N) is 2. The van der Waals surface area contributed by atoms with Crippen LogP contribution >= 0.6 is 0 Å². The second-order valence-corrected chi connectivity index (χ2v) is 10.2. The molecule has 1 aliphatic carbocycles. The maximum Gasteiger partial charge on any atom is 0.416 e. The Kier molecular flexibility index (Phi) is 8.97. The number of carbonyl (C=O) groups is 1. The van der Waals surface area contributed by atoms with Gasteiger partial charge in [0.15, 0.2) is 0 Å².